The zero-order chi connectivity index (χ0) is 14.2. The van der Waals surface area contributed by atoms with Crippen LogP contribution in [0, 0.1) is 0 Å². The topological polar surface area (TPSA) is 54.4 Å². The van der Waals surface area contributed by atoms with E-state index in [0.717, 1.165) is 11.1 Å². The van der Waals surface area contributed by atoms with Crippen molar-refractivity contribution in [1.29, 1.82) is 0 Å². The summed E-state index contributed by atoms with van der Waals surface area (Å²) in [5.41, 5.74) is 0.480. The van der Waals surface area contributed by atoms with Crippen LogP contribution in [-0.4, -0.2) is 25.5 Å². The van der Waals surface area contributed by atoms with Gasteiger partial charge >= 0.3 is 0 Å². The van der Waals surface area contributed by atoms with Gasteiger partial charge in [-0.3, -0.25) is 0 Å². The molecular weight excluding hydrogens is 248 g/mol. The van der Waals surface area contributed by atoms with E-state index in [-0.39, 0.29) is 5.75 Å². The molecule has 0 fully saturated rings. The Kier molecular flexibility index (Phi) is 3.94. The molecule has 0 spiro atoms. The summed E-state index contributed by atoms with van der Waals surface area (Å²) in [6.07, 6.45) is 1.25. The van der Waals surface area contributed by atoms with Gasteiger partial charge < -0.3 is 5.11 Å². The maximum atomic E-state index is 11.4. The second-order valence-corrected chi connectivity index (χ2v) is 8.23. The minimum atomic E-state index is -3.02. The minimum Gasteiger partial charge on any atom is -0.386 e. The van der Waals surface area contributed by atoms with E-state index in [9.17, 15) is 13.5 Å². The summed E-state index contributed by atoms with van der Waals surface area (Å²) in [6.45, 7) is 7.27. The average molecular weight is 270 g/mol. The van der Waals surface area contributed by atoms with E-state index in [4.69, 9.17) is 0 Å². The molecule has 18 heavy (non-hydrogen) atoms. The molecule has 1 rings (SSSR count). The summed E-state index contributed by atoms with van der Waals surface area (Å²) in [6, 6.07) is 7.47. The van der Waals surface area contributed by atoms with Crippen LogP contribution in [0.5, 0.6) is 0 Å². The number of hydrogen-bond acceptors (Lipinski definition) is 3. The Morgan fingerprint density at radius 3 is 1.72 bits per heavy atom. The standard InChI is InChI=1S/C14H22O3S/c1-13(2,10-18(5,16)17)11-6-8-12(9-7-11)14(3,4)15/h6-9,15H,10H2,1-5H3. The first-order chi connectivity index (χ1) is 7.92. The van der Waals surface area contributed by atoms with Gasteiger partial charge in [0, 0.05) is 11.7 Å². The van der Waals surface area contributed by atoms with Crippen molar-refractivity contribution in [1.82, 2.24) is 0 Å². The Labute approximate surface area is 110 Å². The third kappa shape index (κ3) is 4.10. The molecule has 1 aromatic carbocycles. The van der Waals surface area contributed by atoms with Crippen molar-refractivity contribution in [2.45, 2.75) is 38.7 Å². The molecule has 1 N–H and O–H groups in total. The summed E-state index contributed by atoms with van der Waals surface area (Å²) in [4.78, 5) is 0. The molecule has 0 aromatic heterocycles. The van der Waals surface area contributed by atoms with Gasteiger partial charge in [0.15, 0.2) is 0 Å². The fourth-order valence-electron chi connectivity index (χ4n) is 2.07. The normalized spacial score (nSPS) is 13.7. The molecule has 0 heterocycles. The summed E-state index contributed by atoms with van der Waals surface area (Å²) >= 11 is 0. The first-order valence-corrected chi connectivity index (χ1v) is 7.99. The molecule has 1 aromatic rings. The highest BCUT2D eigenvalue weighted by Gasteiger charge is 2.26. The van der Waals surface area contributed by atoms with E-state index in [1.165, 1.54) is 6.26 Å². The third-order valence-electron chi connectivity index (χ3n) is 3.00. The predicted octanol–water partition coefficient (Wildman–Crippen LogP) is 2.24. The Morgan fingerprint density at radius 2 is 1.39 bits per heavy atom. The van der Waals surface area contributed by atoms with Gasteiger partial charge in [0.25, 0.3) is 0 Å². The lowest BCUT2D eigenvalue weighted by molar-refractivity contribution is 0.0785. The molecular formula is C14H22O3S. The fourth-order valence-corrected chi connectivity index (χ4v) is 3.55. The molecule has 0 amide bonds. The van der Waals surface area contributed by atoms with Crippen molar-refractivity contribution in [3.63, 3.8) is 0 Å². The van der Waals surface area contributed by atoms with E-state index in [1.54, 1.807) is 13.8 Å². The third-order valence-corrected chi connectivity index (χ3v) is 4.24. The molecule has 102 valence electrons. The van der Waals surface area contributed by atoms with Crippen LogP contribution in [0.1, 0.15) is 38.8 Å². The first kappa shape index (κ1) is 15.2. The van der Waals surface area contributed by atoms with E-state index in [2.05, 4.69) is 0 Å². The van der Waals surface area contributed by atoms with Gasteiger partial charge in [-0.05, 0) is 25.0 Å². The van der Waals surface area contributed by atoms with Crippen LogP contribution in [0.3, 0.4) is 0 Å². The van der Waals surface area contributed by atoms with Crippen LogP contribution in [0.25, 0.3) is 0 Å². The highest BCUT2D eigenvalue weighted by atomic mass is 32.2. The molecule has 0 saturated carbocycles. The van der Waals surface area contributed by atoms with Gasteiger partial charge in [-0.1, -0.05) is 38.1 Å². The second kappa shape index (κ2) is 4.67. The molecule has 0 atom stereocenters. The smallest absolute Gasteiger partial charge is 0.148 e. The molecule has 0 unspecified atom stereocenters. The van der Waals surface area contributed by atoms with Gasteiger partial charge in [0.1, 0.15) is 9.84 Å². The summed E-state index contributed by atoms with van der Waals surface area (Å²) < 4.78 is 22.8. The summed E-state index contributed by atoms with van der Waals surface area (Å²) in [5.74, 6) is 0.113. The summed E-state index contributed by atoms with van der Waals surface area (Å²) in [5, 5.41) is 9.87. The number of aliphatic hydroxyl groups is 1. The molecule has 0 aliphatic heterocycles. The average Bonchev–Trinajstić information content (AvgIpc) is 2.13. The number of hydrogen-bond donors (Lipinski definition) is 1. The van der Waals surface area contributed by atoms with Gasteiger partial charge in [0.2, 0.25) is 0 Å². The van der Waals surface area contributed by atoms with E-state index >= 15 is 0 Å². The fraction of sp³-hybridized carbons (Fsp3) is 0.571. The molecule has 0 aliphatic rings. The van der Waals surface area contributed by atoms with Gasteiger partial charge in [-0.25, -0.2) is 8.42 Å². The van der Waals surface area contributed by atoms with Crippen LogP contribution < -0.4 is 0 Å². The molecule has 0 saturated heterocycles. The zero-order valence-electron chi connectivity index (χ0n) is 11.7. The monoisotopic (exact) mass is 270 g/mol. The molecule has 3 nitrogen and oxygen atoms in total. The van der Waals surface area contributed by atoms with Crippen LogP contribution in [0.4, 0.5) is 0 Å². The van der Waals surface area contributed by atoms with Crippen LogP contribution in [0.2, 0.25) is 0 Å². The lowest BCUT2D eigenvalue weighted by Crippen LogP contribution is -2.28. The molecule has 0 radical (unpaired) electrons. The van der Waals surface area contributed by atoms with Gasteiger partial charge in [-0.15, -0.1) is 0 Å². The minimum absolute atomic E-state index is 0.113. The second-order valence-electron chi connectivity index (χ2n) is 6.09. The lowest BCUT2D eigenvalue weighted by atomic mass is 9.85. The first-order valence-electron chi connectivity index (χ1n) is 5.93. The van der Waals surface area contributed by atoms with E-state index in [1.807, 2.05) is 38.1 Å². The van der Waals surface area contributed by atoms with Crippen molar-refractivity contribution >= 4 is 9.84 Å². The van der Waals surface area contributed by atoms with Crippen molar-refractivity contribution < 1.29 is 13.5 Å². The van der Waals surface area contributed by atoms with Crippen molar-refractivity contribution in [2.24, 2.45) is 0 Å². The Bertz CT molecular complexity index is 505. The Morgan fingerprint density at radius 1 is 1.00 bits per heavy atom. The van der Waals surface area contributed by atoms with Crippen LogP contribution in [-0.2, 0) is 20.9 Å². The summed E-state index contributed by atoms with van der Waals surface area (Å²) in [7, 11) is -3.02. The lowest BCUT2D eigenvalue weighted by Gasteiger charge is -2.25. The largest absolute Gasteiger partial charge is 0.386 e. The highest BCUT2D eigenvalue weighted by molar-refractivity contribution is 7.90. The number of benzene rings is 1. The van der Waals surface area contributed by atoms with Crippen molar-refractivity contribution in [3.8, 4) is 0 Å². The Balaban J connectivity index is 3.05. The Hall–Kier alpha value is -0.870. The predicted molar refractivity (Wildman–Crippen MR) is 74.4 cm³/mol. The molecule has 0 aliphatic carbocycles. The van der Waals surface area contributed by atoms with Crippen molar-refractivity contribution in [2.75, 3.05) is 12.0 Å². The zero-order valence-corrected chi connectivity index (χ0v) is 12.5. The van der Waals surface area contributed by atoms with E-state index in [0.29, 0.717) is 0 Å². The maximum Gasteiger partial charge on any atom is 0.148 e. The number of sulfone groups is 1. The molecule has 4 heteroatoms. The number of rotatable bonds is 4. The SMILES string of the molecule is CC(C)(O)c1ccc(C(C)(C)CS(C)(=O)=O)cc1. The van der Waals surface area contributed by atoms with E-state index < -0.39 is 20.9 Å². The van der Waals surface area contributed by atoms with Crippen molar-refractivity contribution in [3.05, 3.63) is 35.4 Å². The van der Waals surface area contributed by atoms with Crippen LogP contribution >= 0.6 is 0 Å². The van der Waals surface area contributed by atoms with Gasteiger partial charge in [0.05, 0.1) is 11.4 Å². The molecule has 0 bridgehead atoms. The highest BCUT2D eigenvalue weighted by Crippen LogP contribution is 2.27. The van der Waals surface area contributed by atoms with Crippen LogP contribution in [0.15, 0.2) is 24.3 Å². The maximum absolute atomic E-state index is 11.4. The van der Waals surface area contributed by atoms with Gasteiger partial charge in [-0.2, -0.15) is 0 Å². The quantitative estimate of drug-likeness (QED) is 0.913.